The zero-order chi connectivity index (χ0) is 23.1. The van der Waals surface area contributed by atoms with E-state index in [4.69, 9.17) is 11.6 Å². The molecule has 6 nitrogen and oxygen atoms in total. The molecule has 1 unspecified atom stereocenters. The Hall–Kier alpha value is -2.22. The Balaban J connectivity index is 1.57. The van der Waals surface area contributed by atoms with Crippen molar-refractivity contribution >= 4 is 28.8 Å². The number of aryl methyl sites for hydroxylation is 1. The first-order valence-electron chi connectivity index (χ1n) is 11.9. The summed E-state index contributed by atoms with van der Waals surface area (Å²) in [6, 6.07) is 7.98. The number of carbonyl (C=O) groups is 1. The van der Waals surface area contributed by atoms with Gasteiger partial charge in [0, 0.05) is 34.5 Å². The predicted molar refractivity (Wildman–Crippen MR) is 132 cm³/mol. The summed E-state index contributed by atoms with van der Waals surface area (Å²) in [5, 5.41) is 14.4. The van der Waals surface area contributed by atoms with Crippen molar-refractivity contribution in [1.29, 1.82) is 0 Å². The van der Waals surface area contributed by atoms with Gasteiger partial charge in [-0.25, -0.2) is 0 Å². The summed E-state index contributed by atoms with van der Waals surface area (Å²) in [4.78, 5) is 16.8. The molecule has 3 aromatic rings. The van der Waals surface area contributed by atoms with Crippen molar-refractivity contribution in [1.82, 2.24) is 25.0 Å². The second-order valence-corrected chi connectivity index (χ2v) is 10.5. The average Bonchev–Trinajstić information content (AvgIpc) is 3.44. The summed E-state index contributed by atoms with van der Waals surface area (Å²) >= 11 is 8.46. The summed E-state index contributed by atoms with van der Waals surface area (Å²) in [6.07, 6.45) is 3.57. The van der Waals surface area contributed by atoms with E-state index in [0.717, 1.165) is 66.0 Å². The predicted octanol–water partition coefficient (Wildman–Crippen LogP) is 4.85. The van der Waals surface area contributed by atoms with E-state index in [9.17, 15) is 4.79 Å². The van der Waals surface area contributed by atoms with Crippen molar-refractivity contribution in [2.45, 2.75) is 59.0 Å². The Morgan fingerprint density at radius 2 is 1.97 bits per heavy atom. The van der Waals surface area contributed by atoms with E-state index in [0.29, 0.717) is 12.5 Å². The van der Waals surface area contributed by atoms with Crippen LogP contribution in [0.2, 0.25) is 5.02 Å². The van der Waals surface area contributed by atoms with Crippen molar-refractivity contribution in [3.05, 3.63) is 62.5 Å². The van der Waals surface area contributed by atoms with E-state index in [2.05, 4.69) is 44.9 Å². The molecule has 0 fully saturated rings. The van der Waals surface area contributed by atoms with E-state index in [1.54, 1.807) is 11.3 Å². The van der Waals surface area contributed by atoms with E-state index in [1.165, 1.54) is 16.0 Å². The summed E-state index contributed by atoms with van der Waals surface area (Å²) in [7, 11) is 0. The molecule has 1 N–H and O–H groups in total. The van der Waals surface area contributed by atoms with Gasteiger partial charge in [-0.15, -0.1) is 21.5 Å². The third-order valence-electron chi connectivity index (χ3n) is 6.71. The van der Waals surface area contributed by atoms with Crippen LogP contribution in [0.1, 0.15) is 65.9 Å². The molecule has 1 aliphatic carbocycles. The molecule has 0 saturated carbocycles. The van der Waals surface area contributed by atoms with Gasteiger partial charge in [-0.3, -0.25) is 14.7 Å². The Morgan fingerprint density at radius 1 is 1.21 bits per heavy atom. The number of aromatic nitrogens is 3. The van der Waals surface area contributed by atoms with Crippen LogP contribution in [0.4, 0.5) is 0 Å². The lowest BCUT2D eigenvalue weighted by Crippen LogP contribution is -2.37. The smallest absolute Gasteiger partial charge is 0.226 e. The Bertz CT molecular complexity index is 1180. The largest absolute Gasteiger partial charge is 0.342 e. The maximum Gasteiger partial charge on any atom is 0.226 e. The molecule has 2 atom stereocenters. The van der Waals surface area contributed by atoms with Crippen molar-refractivity contribution < 1.29 is 4.79 Å². The minimum atomic E-state index is -0.0500. The SMILES string of the molecule is CCCN(CCC)C(=O)[C@@H]1Cc2sc3c(c2C1)C(c1ccccc1Cl)NCc1nnc(C)n1-3. The first-order chi connectivity index (χ1) is 16.0. The number of nitrogens with one attached hydrogen (secondary N) is 1. The van der Waals surface area contributed by atoms with Gasteiger partial charge in [0.2, 0.25) is 5.91 Å². The van der Waals surface area contributed by atoms with Crippen LogP contribution in [0.5, 0.6) is 0 Å². The number of carbonyl (C=O) groups excluding carboxylic acids is 1. The number of benzene rings is 1. The van der Waals surface area contributed by atoms with E-state index >= 15 is 0 Å². The van der Waals surface area contributed by atoms with Crippen LogP contribution >= 0.6 is 22.9 Å². The first-order valence-corrected chi connectivity index (χ1v) is 13.0. The highest BCUT2D eigenvalue weighted by Gasteiger charge is 2.39. The Morgan fingerprint density at radius 3 is 2.70 bits per heavy atom. The molecule has 1 aliphatic heterocycles. The highest BCUT2D eigenvalue weighted by molar-refractivity contribution is 7.15. The molecule has 0 spiro atoms. The maximum atomic E-state index is 13.4. The molecule has 174 valence electrons. The molecule has 0 bridgehead atoms. The van der Waals surface area contributed by atoms with Crippen LogP contribution in [0.15, 0.2) is 24.3 Å². The standard InChI is InChI=1S/C25H30ClN5OS/c1-4-10-30(11-5-2)24(32)16-12-18-20(13-16)33-25-22(18)23(17-8-6-7-9-19(17)26)27-14-21-29-28-15(3)31(21)25/h6-9,16,23,27H,4-5,10-14H2,1-3H3/t16-,23?/m0/s1. The van der Waals surface area contributed by atoms with Crippen LogP contribution in [-0.4, -0.2) is 38.7 Å². The monoisotopic (exact) mass is 483 g/mol. The topological polar surface area (TPSA) is 63.1 Å². The van der Waals surface area contributed by atoms with Crippen LogP contribution in [0.25, 0.3) is 5.00 Å². The van der Waals surface area contributed by atoms with Crippen molar-refractivity contribution in [2.75, 3.05) is 13.1 Å². The summed E-state index contributed by atoms with van der Waals surface area (Å²) in [6.45, 7) is 8.56. The van der Waals surface area contributed by atoms with Crippen LogP contribution < -0.4 is 5.32 Å². The first kappa shape index (κ1) is 22.6. The quantitative estimate of drug-likeness (QED) is 0.544. The lowest BCUT2D eigenvalue weighted by molar-refractivity contribution is -0.135. The molecule has 1 amide bonds. The van der Waals surface area contributed by atoms with Crippen LogP contribution in [0.3, 0.4) is 0 Å². The number of amides is 1. The normalized spacial score (nSPS) is 19.0. The fraction of sp³-hybridized carbons (Fsp3) is 0.480. The maximum absolute atomic E-state index is 13.4. The third-order valence-corrected chi connectivity index (χ3v) is 8.31. The average molecular weight is 484 g/mol. The Labute approximate surface area is 204 Å². The van der Waals surface area contributed by atoms with Gasteiger partial charge in [0.25, 0.3) is 0 Å². The molecular formula is C25H30ClN5OS. The van der Waals surface area contributed by atoms with Gasteiger partial charge >= 0.3 is 0 Å². The molecule has 2 aromatic heterocycles. The number of nitrogens with zero attached hydrogens (tertiary/aromatic N) is 4. The van der Waals surface area contributed by atoms with Crippen LogP contribution in [0, 0.1) is 12.8 Å². The van der Waals surface area contributed by atoms with Gasteiger partial charge in [-0.05, 0) is 49.8 Å². The lowest BCUT2D eigenvalue weighted by Gasteiger charge is -2.25. The second-order valence-electron chi connectivity index (χ2n) is 8.99. The molecule has 3 heterocycles. The third kappa shape index (κ3) is 3.90. The molecule has 5 rings (SSSR count). The van der Waals surface area contributed by atoms with Crippen molar-refractivity contribution in [3.63, 3.8) is 0 Å². The molecule has 8 heteroatoms. The molecule has 33 heavy (non-hydrogen) atoms. The van der Waals surface area contributed by atoms with Crippen molar-refractivity contribution in [2.24, 2.45) is 5.92 Å². The molecule has 0 saturated heterocycles. The summed E-state index contributed by atoms with van der Waals surface area (Å²) in [5.74, 6) is 2.12. The fourth-order valence-electron chi connectivity index (χ4n) is 5.27. The van der Waals surface area contributed by atoms with Gasteiger partial charge in [-0.1, -0.05) is 43.6 Å². The molecular weight excluding hydrogens is 454 g/mol. The fourth-order valence-corrected chi connectivity index (χ4v) is 7.03. The zero-order valence-corrected chi connectivity index (χ0v) is 21.0. The van der Waals surface area contributed by atoms with Gasteiger partial charge in [0.15, 0.2) is 5.82 Å². The summed E-state index contributed by atoms with van der Waals surface area (Å²) in [5.41, 5.74) is 3.60. The number of halogens is 1. The van der Waals surface area contributed by atoms with E-state index < -0.39 is 0 Å². The minimum absolute atomic E-state index is 0.0197. The second kappa shape index (κ2) is 9.20. The Kier molecular flexibility index (Phi) is 6.29. The van der Waals surface area contributed by atoms with E-state index in [-0.39, 0.29) is 12.0 Å². The zero-order valence-electron chi connectivity index (χ0n) is 19.4. The number of thiophene rings is 1. The van der Waals surface area contributed by atoms with Gasteiger partial charge in [-0.2, -0.15) is 0 Å². The highest BCUT2D eigenvalue weighted by Crippen LogP contribution is 2.47. The number of hydrogen-bond donors (Lipinski definition) is 1. The van der Waals surface area contributed by atoms with Gasteiger partial charge in [0.1, 0.15) is 10.8 Å². The molecule has 0 radical (unpaired) electrons. The molecule has 2 aliphatic rings. The lowest BCUT2D eigenvalue weighted by atomic mass is 9.94. The number of fused-ring (bicyclic) bond motifs is 5. The number of rotatable bonds is 6. The summed E-state index contributed by atoms with van der Waals surface area (Å²) < 4.78 is 2.18. The highest BCUT2D eigenvalue weighted by atomic mass is 35.5. The molecule has 1 aromatic carbocycles. The van der Waals surface area contributed by atoms with Crippen LogP contribution in [-0.2, 0) is 24.2 Å². The number of hydrogen-bond acceptors (Lipinski definition) is 5. The van der Waals surface area contributed by atoms with E-state index in [1.807, 2.05) is 25.1 Å². The minimum Gasteiger partial charge on any atom is -0.342 e. The van der Waals surface area contributed by atoms with Crippen molar-refractivity contribution in [3.8, 4) is 5.00 Å². The van der Waals surface area contributed by atoms with Gasteiger partial charge < -0.3 is 4.90 Å². The van der Waals surface area contributed by atoms with Gasteiger partial charge in [0.05, 0.1) is 12.6 Å².